The van der Waals surface area contributed by atoms with E-state index in [0.29, 0.717) is 54.3 Å². The predicted octanol–water partition coefficient (Wildman–Crippen LogP) is 7.64. The van der Waals surface area contributed by atoms with Crippen LogP contribution < -0.4 is 10.6 Å². The molecule has 2 aliphatic rings. The summed E-state index contributed by atoms with van der Waals surface area (Å²) in [6.45, 7) is 7.05. The van der Waals surface area contributed by atoms with Gasteiger partial charge in [0.05, 0.1) is 17.6 Å². The van der Waals surface area contributed by atoms with Gasteiger partial charge in [0.1, 0.15) is 17.1 Å². The number of benzene rings is 3. The van der Waals surface area contributed by atoms with Crippen LogP contribution in [0.5, 0.6) is 0 Å². The third kappa shape index (κ3) is 7.16. The van der Waals surface area contributed by atoms with Crippen molar-refractivity contribution in [1.29, 1.82) is 5.26 Å². The molecule has 54 heavy (non-hydrogen) atoms. The number of nitriles is 1. The molecular weight excluding hydrogens is 679 g/mol. The van der Waals surface area contributed by atoms with E-state index in [-0.39, 0.29) is 18.1 Å². The van der Waals surface area contributed by atoms with E-state index in [1.165, 1.54) is 0 Å². The number of hydrogen-bond donors (Lipinski definition) is 4. The molecule has 8 rings (SSSR count). The Labute approximate surface area is 313 Å². The van der Waals surface area contributed by atoms with E-state index in [2.05, 4.69) is 58.6 Å². The van der Waals surface area contributed by atoms with Crippen LogP contribution in [0.1, 0.15) is 59.9 Å². The van der Waals surface area contributed by atoms with E-state index in [1.807, 2.05) is 48.7 Å². The molecule has 0 bridgehead atoms. The first-order valence-electron chi connectivity index (χ1n) is 18.6. The number of oxazole rings is 1. The van der Waals surface area contributed by atoms with Crippen molar-refractivity contribution >= 4 is 39.5 Å². The van der Waals surface area contributed by atoms with Crippen molar-refractivity contribution in [3.63, 3.8) is 0 Å². The molecular formula is C43H43N7O4. The third-order valence-electron chi connectivity index (χ3n) is 11.1. The third-order valence-corrected chi connectivity index (χ3v) is 11.1. The molecule has 3 aromatic heterocycles. The van der Waals surface area contributed by atoms with Crippen molar-refractivity contribution in [1.82, 2.24) is 25.2 Å². The van der Waals surface area contributed by atoms with Gasteiger partial charge in [0, 0.05) is 61.3 Å². The molecule has 2 fully saturated rings. The molecule has 0 unspecified atom stereocenters. The number of likely N-dealkylation sites (tertiary alicyclic amines) is 1. The number of nitrogens with zero attached hydrogens (tertiary/aromatic N) is 5. The van der Waals surface area contributed by atoms with Crippen LogP contribution in [-0.4, -0.2) is 61.3 Å². The normalized spacial score (nSPS) is 19.0. The fourth-order valence-corrected chi connectivity index (χ4v) is 8.04. The lowest BCUT2D eigenvalue weighted by molar-refractivity contribution is -0.142. The molecule has 274 valence electrons. The number of anilines is 2. The topological polar surface area (TPSA) is 160 Å². The minimum atomic E-state index is -0.709. The molecule has 1 aliphatic carbocycles. The summed E-state index contributed by atoms with van der Waals surface area (Å²) in [4.78, 5) is 28.0. The highest BCUT2D eigenvalue weighted by Crippen LogP contribution is 2.38. The number of aliphatic hydroxyl groups is 1. The van der Waals surface area contributed by atoms with E-state index in [0.717, 1.165) is 87.9 Å². The van der Waals surface area contributed by atoms with Gasteiger partial charge in [-0.3, -0.25) is 14.7 Å². The quantitative estimate of drug-likeness (QED) is 0.110. The Hall–Kier alpha value is -5.67. The highest BCUT2D eigenvalue weighted by molar-refractivity contribution is 5.91. The maximum Gasteiger partial charge on any atom is 0.306 e. The highest BCUT2D eigenvalue weighted by Gasteiger charge is 2.26. The largest absolute Gasteiger partial charge is 0.481 e. The first-order chi connectivity index (χ1) is 26.2. The summed E-state index contributed by atoms with van der Waals surface area (Å²) in [7, 11) is 0. The first-order valence-corrected chi connectivity index (χ1v) is 18.6. The van der Waals surface area contributed by atoms with Gasteiger partial charge in [-0.1, -0.05) is 24.3 Å². The molecule has 1 saturated carbocycles. The number of rotatable bonds is 10. The second-order valence-electron chi connectivity index (χ2n) is 14.7. The van der Waals surface area contributed by atoms with E-state index in [1.54, 1.807) is 6.20 Å². The Morgan fingerprint density at radius 1 is 0.963 bits per heavy atom. The Morgan fingerprint density at radius 3 is 2.50 bits per heavy atom. The van der Waals surface area contributed by atoms with Crippen molar-refractivity contribution in [3.05, 3.63) is 101 Å². The number of carboxylic acids is 1. The maximum absolute atomic E-state index is 11.3. The summed E-state index contributed by atoms with van der Waals surface area (Å²) >= 11 is 0. The summed E-state index contributed by atoms with van der Waals surface area (Å²) in [5.74, 6) is 0.169. The lowest BCUT2D eigenvalue weighted by Crippen LogP contribution is -2.34. The fourth-order valence-electron chi connectivity index (χ4n) is 8.04. The average molecular weight is 722 g/mol. The van der Waals surface area contributed by atoms with Crippen molar-refractivity contribution in [2.24, 2.45) is 5.92 Å². The highest BCUT2D eigenvalue weighted by atomic mass is 16.4. The molecule has 0 spiro atoms. The van der Waals surface area contributed by atoms with Crippen LogP contribution in [0, 0.1) is 31.1 Å². The zero-order chi connectivity index (χ0) is 37.3. The number of aliphatic carboxylic acids is 1. The van der Waals surface area contributed by atoms with Crippen molar-refractivity contribution < 1.29 is 19.4 Å². The molecule has 4 N–H and O–H groups in total. The van der Waals surface area contributed by atoms with Crippen LogP contribution in [0.4, 0.5) is 11.5 Å². The molecule has 1 saturated heterocycles. The summed E-state index contributed by atoms with van der Waals surface area (Å²) in [6, 6.07) is 22.8. The number of nitrogens with one attached hydrogen (secondary N) is 2. The fraction of sp³-hybridized carbons (Fsp3) is 0.326. The summed E-state index contributed by atoms with van der Waals surface area (Å²) in [5.41, 5.74) is 10.3. The second-order valence-corrected chi connectivity index (χ2v) is 14.7. The molecule has 4 heterocycles. The standard InChI is InChI=1S/C43H43N7O4/c1-25-34(35-6-4-8-37(26(35)2)48-41-39-30(13-15-45-41)18-28(22-47-39)23-50-16-14-33(51)24-50)5-3-7-36(25)42-49-38-19-27(17-31(20-44)40(38)54-42)21-46-32-11-9-29(10-12-32)43(52)53/h3-8,13,15,17-19,22,29,32-33,46,51H,9-12,14,16,21,23-24H2,1-2H3,(H,45,48)(H,52,53)/t29?,32?,33-/m1/s1. The van der Waals surface area contributed by atoms with Crippen molar-refractivity contribution in [2.45, 2.75) is 71.2 Å². The maximum atomic E-state index is 11.3. The summed E-state index contributed by atoms with van der Waals surface area (Å²) in [6.07, 6.45) is 7.24. The van der Waals surface area contributed by atoms with Crippen LogP contribution in [0.2, 0.25) is 0 Å². The molecule has 11 heteroatoms. The number of aromatic nitrogens is 3. The summed E-state index contributed by atoms with van der Waals surface area (Å²) in [5, 5.41) is 37.4. The van der Waals surface area contributed by atoms with Gasteiger partial charge < -0.3 is 25.3 Å². The van der Waals surface area contributed by atoms with Gasteiger partial charge in [-0.15, -0.1) is 0 Å². The van der Waals surface area contributed by atoms with Crippen LogP contribution in [-0.2, 0) is 17.9 Å². The van der Waals surface area contributed by atoms with Gasteiger partial charge in [-0.2, -0.15) is 5.26 Å². The SMILES string of the molecule is Cc1c(Nc2nccc3cc(CN4CC[C@@H](O)C4)cnc23)cccc1-c1cccc(-c2nc3cc(CNC4CCC(C(=O)O)CC4)cc(C#N)c3o2)c1C. The number of carboxylic acid groups (broad SMARTS) is 1. The van der Waals surface area contributed by atoms with E-state index in [4.69, 9.17) is 14.4 Å². The lowest BCUT2D eigenvalue weighted by Gasteiger charge is -2.27. The first kappa shape index (κ1) is 35.4. The van der Waals surface area contributed by atoms with Crippen LogP contribution in [0.3, 0.4) is 0 Å². The van der Waals surface area contributed by atoms with Gasteiger partial charge in [-0.25, -0.2) is 9.97 Å². The Kier molecular flexibility index (Phi) is 9.82. The smallest absolute Gasteiger partial charge is 0.306 e. The molecule has 1 aliphatic heterocycles. The van der Waals surface area contributed by atoms with Gasteiger partial charge in [0.2, 0.25) is 5.89 Å². The number of fused-ring (bicyclic) bond motifs is 2. The lowest BCUT2D eigenvalue weighted by atomic mass is 9.86. The molecule has 3 aromatic carbocycles. The molecule has 11 nitrogen and oxygen atoms in total. The molecule has 0 amide bonds. The molecule has 1 atom stereocenters. The Bertz CT molecular complexity index is 2410. The van der Waals surface area contributed by atoms with Gasteiger partial charge >= 0.3 is 5.97 Å². The minimum Gasteiger partial charge on any atom is -0.481 e. The van der Waals surface area contributed by atoms with Gasteiger partial charge in [0.15, 0.2) is 11.4 Å². The second kappa shape index (κ2) is 15.0. The zero-order valence-electron chi connectivity index (χ0n) is 30.5. The minimum absolute atomic E-state index is 0.243. The summed E-state index contributed by atoms with van der Waals surface area (Å²) < 4.78 is 6.30. The predicted molar refractivity (Wildman–Crippen MR) is 208 cm³/mol. The van der Waals surface area contributed by atoms with Crippen LogP contribution in [0.15, 0.2) is 77.5 Å². The number of hydrogen-bond acceptors (Lipinski definition) is 10. The monoisotopic (exact) mass is 721 g/mol. The zero-order valence-corrected chi connectivity index (χ0v) is 30.5. The number of aliphatic hydroxyl groups excluding tert-OH is 1. The van der Waals surface area contributed by atoms with Gasteiger partial charge in [0.25, 0.3) is 0 Å². The van der Waals surface area contributed by atoms with E-state index < -0.39 is 5.97 Å². The van der Waals surface area contributed by atoms with E-state index in [9.17, 15) is 20.3 Å². The Balaban J connectivity index is 1.03. The average Bonchev–Trinajstić information content (AvgIpc) is 3.80. The number of β-amino-alcohol motifs (C(OH)–C–C–N with tert-alkyl or cyclic N) is 1. The molecule has 0 radical (unpaired) electrons. The van der Waals surface area contributed by atoms with Crippen LogP contribution >= 0.6 is 0 Å². The molecule has 6 aromatic rings. The Morgan fingerprint density at radius 2 is 1.74 bits per heavy atom. The van der Waals surface area contributed by atoms with Crippen molar-refractivity contribution in [2.75, 3.05) is 18.4 Å². The van der Waals surface area contributed by atoms with Crippen molar-refractivity contribution in [3.8, 4) is 28.7 Å². The number of carbonyl (C=O) groups is 1. The van der Waals surface area contributed by atoms with E-state index >= 15 is 0 Å². The van der Waals surface area contributed by atoms with Crippen LogP contribution in [0.25, 0.3) is 44.6 Å². The number of pyridine rings is 2. The van der Waals surface area contributed by atoms with Gasteiger partial charge in [-0.05, 0) is 116 Å².